The molecule has 1 rings (SSSR count). The van der Waals surface area contributed by atoms with E-state index >= 15 is 0 Å². The highest BCUT2D eigenvalue weighted by molar-refractivity contribution is 5.99. The maximum absolute atomic E-state index is 10.5. The third-order valence-electron chi connectivity index (χ3n) is 1.56. The second kappa shape index (κ2) is 3.62. The summed E-state index contributed by atoms with van der Waals surface area (Å²) in [5.41, 5.74) is 0.751. The topological polar surface area (TPSA) is 73.5 Å². The zero-order valence-corrected chi connectivity index (χ0v) is 6.82. The molecular formula is C9H8N2O2. The van der Waals surface area contributed by atoms with Crippen molar-refractivity contribution in [2.75, 3.05) is 0 Å². The molecule has 0 aliphatic carbocycles. The van der Waals surface area contributed by atoms with Crippen LogP contribution in [0.3, 0.4) is 0 Å². The molecule has 66 valence electrons. The van der Waals surface area contributed by atoms with E-state index in [0.717, 1.165) is 0 Å². The molecule has 4 nitrogen and oxygen atoms in total. The number of carbonyl (C=O) groups is 1. The van der Waals surface area contributed by atoms with E-state index in [0.29, 0.717) is 5.56 Å². The van der Waals surface area contributed by atoms with E-state index in [1.165, 1.54) is 24.3 Å². The molecule has 0 radical (unpaired) electrons. The predicted molar refractivity (Wildman–Crippen MR) is 49.8 cm³/mol. The van der Waals surface area contributed by atoms with Gasteiger partial charge in [-0.05, 0) is 18.9 Å². The van der Waals surface area contributed by atoms with Crippen LogP contribution in [-0.4, -0.2) is 23.6 Å². The lowest BCUT2D eigenvalue weighted by Crippen LogP contribution is -1.98. The normalized spacial score (nSPS) is 9.23. The monoisotopic (exact) mass is 176 g/mol. The predicted octanol–water partition coefficient (Wildman–Crippen LogP) is 1.41. The molecule has 1 aromatic rings. The van der Waals surface area contributed by atoms with Crippen LogP contribution in [0.15, 0.2) is 29.3 Å². The number of carboxylic acid groups (broad SMARTS) is 1. The minimum atomic E-state index is -0.982. The fourth-order valence-electron chi connectivity index (χ4n) is 0.862. The van der Waals surface area contributed by atoms with E-state index in [-0.39, 0.29) is 11.4 Å². The first-order valence-corrected chi connectivity index (χ1v) is 3.54. The molecule has 0 saturated heterocycles. The molecule has 0 spiro atoms. The van der Waals surface area contributed by atoms with Crippen LogP contribution in [0.2, 0.25) is 0 Å². The first-order chi connectivity index (χ1) is 6.15. The molecular weight excluding hydrogens is 168 g/mol. The molecule has 0 aliphatic heterocycles. The third kappa shape index (κ3) is 1.99. The van der Waals surface area contributed by atoms with E-state index in [1.807, 2.05) is 0 Å². The van der Waals surface area contributed by atoms with Gasteiger partial charge in [-0.3, -0.25) is 5.41 Å². The number of carboxylic acids is 1. The Morgan fingerprint density at radius 2 is 1.77 bits per heavy atom. The Morgan fingerprint density at radius 3 is 2.15 bits per heavy atom. The van der Waals surface area contributed by atoms with E-state index in [9.17, 15) is 4.79 Å². The van der Waals surface area contributed by atoms with Gasteiger partial charge in [0.1, 0.15) is 0 Å². The standard InChI is InChI=1S/C9H8N2O2/c1-11-8(10)6-2-4-7(5-3-6)9(12)13/h2-5,10H,1H2,(H,12,13). The second-order valence-electron chi connectivity index (χ2n) is 2.39. The van der Waals surface area contributed by atoms with Gasteiger partial charge in [0.15, 0.2) is 5.84 Å². The summed E-state index contributed by atoms with van der Waals surface area (Å²) in [4.78, 5) is 13.9. The van der Waals surface area contributed by atoms with Crippen LogP contribution >= 0.6 is 0 Å². The highest BCUT2D eigenvalue weighted by Crippen LogP contribution is 2.05. The molecule has 0 aromatic heterocycles. The Hall–Kier alpha value is -1.97. The van der Waals surface area contributed by atoms with Crippen molar-refractivity contribution in [3.8, 4) is 0 Å². The van der Waals surface area contributed by atoms with Gasteiger partial charge in [0.25, 0.3) is 0 Å². The molecule has 0 fully saturated rings. The van der Waals surface area contributed by atoms with Gasteiger partial charge < -0.3 is 5.11 Å². The van der Waals surface area contributed by atoms with Gasteiger partial charge in [0.2, 0.25) is 0 Å². The zero-order chi connectivity index (χ0) is 9.84. The molecule has 2 N–H and O–H groups in total. The van der Waals surface area contributed by atoms with Crippen LogP contribution in [0.4, 0.5) is 0 Å². The van der Waals surface area contributed by atoms with Gasteiger partial charge in [-0.25, -0.2) is 9.79 Å². The Morgan fingerprint density at radius 1 is 1.31 bits per heavy atom. The molecule has 0 saturated carbocycles. The zero-order valence-electron chi connectivity index (χ0n) is 6.82. The Balaban J connectivity index is 3.00. The van der Waals surface area contributed by atoms with Gasteiger partial charge in [-0.2, -0.15) is 0 Å². The maximum Gasteiger partial charge on any atom is 0.335 e. The smallest absolute Gasteiger partial charge is 0.335 e. The fourth-order valence-corrected chi connectivity index (χ4v) is 0.862. The van der Waals surface area contributed by atoms with E-state index in [2.05, 4.69) is 11.7 Å². The van der Waals surface area contributed by atoms with E-state index in [4.69, 9.17) is 10.5 Å². The van der Waals surface area contributed by atoms with Gasteiger partial charge >= 0.3 is 5.97 Å². The van der Waals surface area contributed by atoms with Crippen LogP contribution in [-0.2, 0) is 0 Å². The average Bonchev–Trinajstić information content (AvgIpc) is 2.17. The van der Waals surface area contributed by atoms with Crippen molar-refractivity contribution in [1.82, 2.24) is 0 Å². The van der Waals surface area contributed by atoms with Crippen molar-refractivity contribution < 1.29 is 9.90 Å². The maximum atomic E-state index is 10.5. The highest BCUT2D eigenvalue weighted by Gasteiger charge is 2.02. The van der Waals surface area contributed by atoms with Crippen molar-refractivity contribution >= 4 is 18.5 Å². The third-order valence-corrected chi connectivity index (χ3v) is 1.56. The number of nitrogens with zero attached hydrogens (tertiary/aromatic N) is 1. The molecule has 1 aromatic carbocycles. The van der Waals surface area contributed by atoms with Crippen molar-refractivity contribution in [3.63, 3.8) is 0 Å². The average molecular weight is 176 g/mol. The number of hydrogen-bond donors (Lipinski definition) is 2. The first kappa shape index (κ1) is 9.12. The number of aromatic carboxylic acids is 1. The van der Waals surface area contributed by atoms with Crippen LogP contribution in [0.25, 0.3) is 0 Å². The molecule has 13 heavy (non-hydrogen) atoms. The molecule has 0 aliphatic rings. The van der Waals surface area contributed by atoms with Crippen molar-refractivity contribution in [2.45, 2.75) is 0 Å². The Bertz CT molecular complexity index is 354. The fraction of sp³-hybridized carbons (Fsp3) is 0. The summed E-state index contributed by atoms with van der Waals surface area (Å²) in [7, 11) is 0. The number of hydrogen-bond acceptors (Lipinski definition) is 2. The first-order valence-electron chi connectivity index (χ1n) is 3.54. The summed E-state index contributed by atoms with van der Waals surface area (Å²) in [5, 5.41) is 15.9. The van der Waals surface area contributed by atoms with Gasteiger partial charge in [0, 0.05) is 5.56 Å². The lowest BCUT2D eigenvalue weighted by atomic mass is 10.1. The Labute approximate surface area is 75.1 Å². The van der Waals surface area contributed by atoms with Gasteiger partial charge in [-0.1, -0.05) is 12.1 Å². The second-order valence-corrected chi connectivity index (χ2v) is 2.39. The lowest BCUT2D eigenvalue weighted by molar-refractivity contribution is 0.0697. The summed E-state index contributed by atoms with van der Waals surface area (Å²) in [5.74, 6) is -0.943. The molecule has 4 heteroatoms. The number of nitrogens with one attached hydrogen (secondary N) is 1. The largest absolute Gasteiger partial charge is 0.478 e. The summed E-state index contributed by atoms with van der Waals surface area (Å²) in [6, 6.07) is 5.91. The lowest BCUT2D eigenvalue weighted by Gasteiger charge is -1.97. The minimum absolute atomic E-state index is 0.0388. The number of amidine groups is 1. The molecule has 0 unspecified atom stereocenters. The molecule has 0 heterocycles. The van der Waals surface area contributed by atoms with Crippen molar-refractivity contribution in [2.24, 2.45) is 4.99 Å². The number of benzene rings is 1. The molecule has 0 atom stereocenters. The SMILES string of the molecule is C=NC(=N)c1ccc(C(=O)O)cc1. The summed E-state index contributed by atoms with van der Waals surface area (Å²) < 4.78 is 0. The summed E-state index contributed by atoms with van der Waals surface area (Å²) in [6.07, 6.45) is 0. The summed E-state index contributed by atoms with van der Waals surface area (Å²) in [6.45, 7) is 3.20. The highest BCUT2D eigenvalue weighted by atomic mass is 16.4. The minimum Gasteiger partial charge on any atom is -0.478 e. The van der Waals surface area contributed by atoms with Crippen LogP contribution < -0.4 is 0 Å². The number of aliphatic imine (C=N–C) groups is 1. The van der Waals surface area contributed by atoms with Gasteiger partial charge in [-0.15, -0.1) is 0 Å². The molecule has 0 amide bonds. The number of rotatable bonds is 2. The quantitative estimate of drug-likeness (QED) is 0.528. The van der Waals surface area contributed by atoms with Crippen LogP contribution in [0.1, 0.15) is 15.9 Å². The van der Waals surface area contributed by atoms with E-state index in [1.54, 1.807) is 0 Å². The molecule has 0 bridgehead atoms. The Kier molecular flexibility index (Phi) is 2.54. The van der Waals surface area contributed by atoms with Crippen LogP contribution in [0.5, 0.6) is 0 Å². The van der Waals surface area contributed by atoms with Gasteiger partial charge in [0.05, 0.1) is 5.56 Å². The van der Waals surface area contributed by atoms with E-state index < -0.39 is 5.97 Å². The van der Waals surface area contributed by atoms with Crippen molar-refractivity contribution in [3.05, 3.63) is 35.4 Å². The summed E-state index contributed by atoms with van der Waals surface area (Å²) >= 11 is 0. The van der Waals surface area contributed by atoms with Crippen molar-refractivity contribution in [1.29, 1.82) is 5.41 Å². The van der Waals surface area contributed by atoms with Crippen LogP contribution in [0, 0.1) is 5.41 Å².